The van der Waals surface area contributed by atoms with Crippen LogP contribution in [0.4, 0.5) is 0 Å². The van der Waals surface area contributed by atoms with Crippen LogP contribution in [0.15, 0.2) is 18.2 Å². The molecular weight excluding hydrogens is 332 g/mol. The third kappa shape index (κ3) is 3.28. The van der Waals surface area contributed by atoms with Crippen molar-refractivity contribution < 1.29 is 19.0 Å². The number of rotatable bonds is 4. The second kappa shape index (κ2) is 7.08. The molecule has 0 radical (unpaired) electrons. The summed E-state index contributed by atoms with van der Waals surface area (Å²) in [5, 5.41) is 3.16. The van der Waals surface area contributed by atoms with E-state index in [-0.39, 0.29) is 11.3 Å². The molecule has 6 heteroatoms. The topological polar surface area (TPSA) is 82.8 Å². The van der Waals surface area contributed by atoms with Crippen molar-refractivity contribution in [2.24, 2.45) is 5.73 Å². The maximum absolute atomic E-state index is 12.7. The van der Waals surface area contributed by atoms with Crippen molar-refractivity contribution in [1.29, 1.82) is 0 Å². The standard InChI is InChI=1S/C20H28N2O4/c21-20(7-9-24-10-8-20)18(23)22-14-19(5-1-2-6-19)15-3-4-16-17(13-15)26-12-11-25-16/h3-4,13H,1-2,5-12,14,21H2,(H,22,23). The van der Waals surface area contributed by atoms with Gasteiger partial charge in [-0.05, 0) is 43.4 Å². The molecule has 1 aliphatic carbocycles. The predicted molar refractivity (Wildman–Crippen MR) is 97.6 cm³/mol. The molecule has 0 bridgehead atoms. The molecule has 2 heterocycles. The van der Waals surface area contributed by atoms with Gasteiger partial charge in [0.1, 0.15) is 13.2 Å². The van der Waals surface area contributed by atoms with Gasteiger partial charge in [-0.25, -0.2) is 0 Å². The Kier molecular flexibility index (Phi) is 4.80. The van der Waals surface area contributed by atoms with Gasteiger partial charge < -0.3 is 25.3 Å². The lowest BCUT2D eigenvalue weighted by atomic mass is 9.78. The fraction of sp³-hybridized carbons (Fsp3) is 0.650. The first-order valence-corrected chi connectivity index (χ1v) is 9.67. The van der Waals surface area contributed by atoms with E-state index in [0.29, 0.717) is 45.8 Å². The third-order valence-corrected chi connectivity index (χ3v) is 6.14. The molecule has 3 N–H and O–H groups in total. The van der Waals surface area contributed by atoms with E-state index in [0.717, 1.165) is 24.3 Å². The van der Waals surface area contributed by atoms with Gasteiger partial charge in [0.25, 0.3) is 0 Å². The third-order valence-electron chi connectivity index (χ3n) is 6.14. The summed E-state index contributed by atoms with van der Waals surface area (Å²) in [7, 11) is 0. The van der Waals surface area contributed by atoms with Gasteiger partial charge in [-0.15, -0.1) is 0 Å². The molecular formula is C20H28N2O4. The van der Waals surface area contributed by atoms with Gasteiger partial charge in [0.2, 0.25) is 5.91 Å². The first kappa shape index (κ1) is 17.6. The van der Waals surface area contributed by atoms with Crippen LogP contribution >= 0.6 is 0 Å². The fourth-order valence-electron chi connectivity index (χ4n) is 4.38. The number of nitrogens with two attached hydrogens (primary N) is 1. The summed E-state index contributed by atoms with van der Waals surface area (Å²) in [5.74, 6) is 1.57. The number of fused-ring (bicyclic) bond motifs is 1. The van der Waals surface area contributed by atoms with Crippen LogP contribution in [0.2, 0.25) is 0 Å². The van der Waals surface area contributed by atoms with Crippen LogP contribution in [0, 0.1) is 0 Å². The summed E-state index contributed by atoms with van der Waals surface area (Å²) in [5.41, 5.74) is 6.70. The Hall–Kier alpha value is -1.79. The van der Waals surface area contributed by atoms with Gasteiger partial charge in [-0.3, -0.25) is 4.79 Å². The maximum Gasteiger partial charge on any atom is 0.240 e. The molecule has 1 aromatic rings. The molecule has 0 unspecified atom stereocenters. The highest BCUT2D eigenvalue weighted by Gasteiger charge is 2.40. The maximum atomic E-state index is 12.7. The number of carbonyl (C=O) groups is 1. The van der Waals surface area contributed by atoms with Gasteiger partial charge >= 0.3 is 0 Å². The lowest BCUT2D eigenvalue weighted by Crippen LogP contribution is -2.58. The zero-order chi connectivity index (χ0) is 18.0. The van der Waals surface area contributed by atoms with Crippen LogP contribution in [-0.2, 0) is 14.9 Å². The summed E-state index contributed by atoms with van der Waals surface area (Å²) in [6, 6.07) is 6.21. The normalized spacial score (nSPS) is 23.4. The molecule has 1 saturated carbocycles. The summed E-state index contributed by atoms with van der Waals surface area (Å²) >= 11 is 0. The lowest BCUT2D eigenvalue weighted by Gasteiger charge is -2.35. The molecule has 0 aromatic heterocycles. The highest BCUT2D eigenvalue weighted by Crippen LogP contribution is 2.44. The van der Waals surface area contributed by atoms with Gasteiger partial charge in [-0.2, -0.15) is 0 Å². The number of hydrogen-bond acceptors (Lipinski definition) is 5. The van der Waals surface area contributed by atoms with E-state index in [4.69, 9.17) is 19.9 Å². The van der Waals surface area contributed by atoms with Crippen molar-refractivity contribution in [2.75, 3.05) is 33.0 Å². The fourth-order valence-corrected chi connectivity index (χ4v) is 4.38. The number of ether oxygens (including phenoxy) is 3. The monoisotopic (exact) mass is 360 g/mol. The van der Waals surface area contributed by atoms with Crippen LogP contribution in [0.25, 0.3) is 0 Å². The van der Waals surface area contributed by atoms with E-state index in [1.54, 1.807) is 0 Å². The van der Waals surface area contributed by atoms with Crippen molar-refractivity contribution in [3.05, 3.63) is 23.8 Å². The lowest BCUT2D eigenvalue weighted by molar-refractivity contribution is -0.130. The first-order chi connectivity index (χ1) is 12.6. The first-order valence-electron chi connectivity index (χ1n) is 9.67. The summed E-state index contributed by atoms with van der Waals surface area (Å²) < 4.78 is 16.8. The van der Waals surface area contributed by atoms with E-state index in [2.05, 4.69) is 17.4 Å². The Morgan fingerprint density at radius 3 is 2.42 bits per heavy atom. The molecule has 1 amide bonds. The molecule has 26 heavy (non-hydrogen) atoms. The second-order valence-electron chi connectivity index (χ2n) is 7.80. The Balaban J connectivity index is 1.51. The number of benzene rings is 1. The average molecular weight is 360 g/mol. The van der Waals surface area contributed by atoms with Crippen LogP contribution in [-0.4, -0.2) is 44.4 Å². The van der Waals surface area contributed by atoms with Crippen molar-refractivity contribution in [1.82, 2.24) is 5.32 Å². The number of nitrogens with one attached hydrogen (secondary N) is 1. The van der Waals surface area contributed by atoms with Gasteiger partial charge in [0.05, 0.1) is 5.54 Å². The quantitative estimate of drug-likeness (QED) is 0.857. The molecule has 0 spiro atoms. The zero-order valence-electron chi connectivity index (χ0n) is 15.2. The number of amides is 1. The highest BCUT2D eigenvalue weighted by molar-refractivity contribution is 5.86. The molecule has 3 aliphatic rings. The number of hydrogen-bond donors (Lipinski definition) is 2. The second-order valence-corrected chi connectivity index (χ2v) is 7.80. The SMILES string of the molecule is NC1(C(=O)NCC2(c3ccc4c(c3)OCCO4)CCCC2)CCOCC1. The minimum absolute atomic E-state index is 0.0486. The molecule has 6 nitrogen and oxygen atoms in total. The Morgan fingerprint density at radius 1 is 1.00 bits per heavy atom. The van der Waals surface area contributed by atoms with E-state index in [1.807, 2.05) is 6.07 Å². The van der Waals surface area contributed by atoms with E-state index >= 15 is 0 Å². The van der Waals surface area contributed by atoms with Crippen LogP contribution in [0.1, 0.15) is 44.1 Å². The summed E-state index contributed by atoms with van der Waals surface area (Å²) in [6.07, 6.45) is 5.63. The Bertz CT molecular complexity index is 664. The number of carbonyl (C=O) groups excluding carboxylic acids is 1. The average Bonchev–Trinajstić information content (AvgIpc) is 3.16. The minimum atomic E-state index is -0.801. The van der Waals surface area contributed by atoms with E-state index in [9.17, 15) is 4.79 Å². The molecule has 0 atom stereocenters. The summed E-state index contributed by atoms with van der Waals surface area (Å²) in [4.78, 5) is 12.7. The Morgan fingerprint density at radius 2 is 1.69 bits per heavy atom. The summed E-state index contributed by atoms with van der Waals surface area (Å²) in [6.45, 7) is 2.90. The van der Waals surface area contributed by atoms with Gasteiger partial charge in [0, 0.05) is 25.2 Å². The van der Waals surface area contributed by atoms with E-state index < -0.39 is 5.54 Å². The van der Waals surface area contributed by atoms with Crippen molar-refractivity contribution in [3.63, 3.8) is 0 Å². The Labute approximate surface area is 154 Å². The highest BCUT2D eigenvalue weighted by atomic mass is 16.6. The minimum Gasteiger partial charge on any atom is -0.486 e. The molecule has 4 rings (SSSR count). The zero-order valence-corrected chi connectivity index (χ0v) is 15.2. The van der Waals surface area contributed by atoms with Crippen molar-refractivity contribution in [3.8, 4) is 11.5 Å². The van der Waals surface area contributed by atoms with Crippen LogP contribution < -0.4 is 20.5 Å². The largest absolute Gasteiger partial charge is 0.486 e. The van der Waals surface area contributed by atoms with Crippen molar-refractivity contribution in [2.45, 2.75) is 49.5 Å². The van der Waals surface area contributed by atoms with E-state index in [1.165, 1.54) is 18.4 Å². The molecule has 1 aromatic carbocycles. The van der Waals surface area contributed by atoms with Gasteiger partial charge in [-0.1, -0.05) is 18.9 Å². The molecule has 1 saturated heterocycles. The molecule has 2 aliphatic heterocycles. The van der Waals surface area contributed by atoms with Crippen LogP contribution in [0.3, 0.4) is 0 Å². The molecule has 2 fully saturated rings. The smallest absolute Gasteiger partial charge is 0.240 e. The van der Waals surface area contributed by atoms with Crippen LogP contribution in [0.5, 0.6) is 11.5 Å². The van der Waals surface area contributed by atoms with Crippen molar-refractivity contribution >= 4 is 5.91 Å². The van der Waals surface area contributed by atoms with Gasteiger partial charge in [0.15, 0.2) is 11.5 Å². The predicted octanol–water partition coefficient (Wildman–Crippen LogP) is 1.89. The molecule has 142 valence electrons.